The Kier molecular flexibility index (Phi) is 8.66. The molecule has 3 rings (SSSR count). The second-order valence-corrected chi connectivity index (χ2v) is 8.66. The number of para-hydroxylation sites is 1. The molecule has 0 heterocycles. The SMILES string of the molecule is CCC(C)c1ccc(OCC(=O)Nc2cccc(C(=O)N(CC)c3ccccc3)c2)c(Br)c1. The zero-order valence-electron chi connectivity index (χ0n) is 19.2. The van der Waals surface area contributed by atoms with E-state index in [1.807, 2.05) is 55.5 Å². The van der Waals surface area contributed by atoms with Crippen molar-refractivity contribution in [2.24, 2.45) is 0 Å². The molecule has 0 aliphatic rings. The van der Waals surface area contributed by atoms with Crippen LogP contribution in [0.25, 0.3) is 0 Å². The molecule has 2 amide bonds. The first-order valence-corrected chi connectivity index (χ1v) is 11.9. The van der Waals surface area contributed by atoms with Crippen molar-refractivity contribution in [3.05, 3.63) is 88.4 Å². The molecule has 172 valence electrons. The fraction of sp³-hybridized carbons (Fsp3) is 0.259. The van der Waals surface area contributed by atoms with Crippen LogP contribution in [-0.2, 0) is 4.79 Å². The lowest BCUT2D eigenvalue weighted by atomic mass is 9.99. The van der Waals surface area contributed by atoms with Crippen LogP contribution >= 0.6 is 15.9 Å². The van der Waals surface area contributed by atoms with Gasteiger partial charge < -0.3 is 15.0 Å². The molecule has 1 unspecified atom stereocenters. The summed E-state index contributed by atoms with van der Waals surface area (Å²) in [6.07, 6.45) is 1.05. The molecule has 0 spiro atoms. The molecule has 0 aliphatic carbocycles. The monoisotopic (exact) mass is 508 g/mol. The molecular weight excluding hydrogens is 480 g/mol. The van der Waals surface area contributed by atoms with E-state index in [4.69, 9.17) is 4.74 Å². The molecule has 3 aromatic rings. The van der Waals surface area contributed by atoms with Crippen LogP contribution in [0.5, 0.6) is 5.75 Å². The van der Waals surface area contributed by atoms with Crippen molar-refractivity contribution in [2.75, 3.05) is 23.4 Å². The van der Waals surface area contributed by atoms with Crippen LogP contribution < -0.4 is 15.0 Å². The van der Waals surface area contributed by atoms with E-state index in [0.717, 1.165) is 16.6 Å². The number of ether oxygens (including phenoxy) is 1. The van der Waals surface area contributed by atoms with E-state index in [9.17, 15) is 9.59 Å². The summed E-state index contributed by atoms with van der Waals surface area (Å²) < 4.78 is 6.52. The van der Waals surface area contributed by atoms with Gasteiger partial charge in [-0.15, -0.1) is 0 Å². The molecule has 1 atom stereocenters. The molecule has 1 N–H and O–H groups in total. The highest BCUT2D eigenvalue weighted by molar-refractivity contribution is 9.10. The summed E-state index contributed by atoms with van der Waals surface area (Å²) in [5.41, 5.74) is 3.10. The lowest BCUT2D eigenvalue weighted by molar-refractivity contribution is -0.118. The quantitative estimate of drug-likeness (QED) is 0.352. The van der Waals surface area contributed by atoms with Crippen LogP contribution in [0.2, 0.25) is 0 Å². The van der Waals surface area contributed by atoms with Gasteiger partial charge in [-0.05, 0) is 83.2 Å². The number of hydrogen-bond donors (Lipinski definition) is 1. The van der Waals surface area contributed by atoms with Crippen molar-refractivity contribution in [2.45, 2.75) is 33.1 Å². The van der Waals surface area contributed by atoms with Gasteiger partial charge in [-0.1, -0.05) is 44.2 Å². The summed E-state index contributed by atoms with van der Waals surface area (Å²) >= 11 is 3.53. The highest BCUT2D eigenvalue weighted by Gasteiger charge is 2.17. The molecular formula is C27H29BrN2O3. The lowest BCUT2D eigenvalue weighted by Crippen LogP contribution is -2.30. The molecule has 3 aromatic carbocycles. The molecule has 0 saturated heterocycles. The number of rotatable bonds is 9. The Balaban J connectivity index is 1.63. The van der Waals surface area contributed by atoms with Gasteiger partial charge >= 0.3 is 0 Å². The zero-order chi connectivity index (χ0) is 23.8. The molecule has 0 fully saturated rings. The van der Waals surface area contributed by atoms with Gasteiger partial charge in [-0.25, -0.2) is 0 Å². The number of benzene rings is 3. The Bertz CT molecular complexity index is 1100. The average molecular weight is 509 g/mol. The van der Waals surface area contributed by atoms with Crippen molar-refractivity contribution >= 4 is 39.1 Å². The summed E-state index contributed by atoms with van der Waals surface area (Å²) in [6, 6.07) is 22.4. The number of nitrogens with one attached hydrogen (secondary N) is 1. The van der Waals surface area contributed by atoms with Crippen LogP contribution in [0.1, 0.15) is 49.0 Å². The van der Waals surface area contributed by atoms with E-state index >= 15 is 0 Å². The largest absolute Gasteiger partial charge is 0.483 e. The maximum absolute atomic E-state index is 13.0. The minimum absolute atomic E-state index is 0.124. The Morgan fingerprint density at radius 3 is 2.42 bits per heavy atom. The lowest BCUT2D eigenvalue weighted by Gasteiger charge is -2.21. The molecule has 6 heteroatoms. The van der Waals surface area contributed by atoms with Crippen LogP contribution in [-0.4, -0.2) is 25.0 Å². The molecule has 0 bridgehead atoms. The maximum atomic E-state index is 13.0. The van der Waals surface area contributed by atoms with E-state index in [-0.39, 0.29) is 18.4 Å². The van der Waals surface area contributed by atoms with Crippen LogP contribution in [0.15, 0.2) is 77.3 Å². The van der Waals surface area contributed by atoms with E-state index in [1.54, 1.807) is 29.2 Å². The number of halogens is 1. The maximum Gasteiger partial charge on any atom is 0.262 e. The molecule has 0 aromatic heterocycles. The fourth-order valence-corrected chi connectivity index (χ4v) is 3.96. The first-order valence-electron chi connectivity index (χ1n) is 11.1. The average Bonchev–Trinajstić information content (AvgIpc) is 2.84. The highest BCUT2D eigenvalue weighted by Crippen LogP contribution is 2.30. The molecule has 0 radical (unpaired) electrons. The second kappa shape index (κ2) is 11.7. The fourth-order valence-electron chi connectivity index (χ4n) is 3.45. The third-order valence-corrected chi connectivity index (χ3v) is 6.14. The van der Waals surface area contributed by atoms with E-state index < -0.39 is 0 Å². The molecule has 0 aliphatic heterocycles. The normalized spacial score (nSPS) is 11.5. The first-order chi connectivity index (χ1) is 15.9. The predicted octanol–water partition coefficient (Wildman–Crippen LogP) is 6.65. The molecule has 5 nitrogen and oxygen atoms in total. The number of carbonyl (C=O) groups excluding carboxylic acids is 2. The Morgan fingerprint density at radius 1 is 1.00 bits per heavy atom. The van der Waals surface area contributed by atoms with E-state index in [2.05, 4.69) is 35.1 Å². The van der Waals surface area contributed by atoms with Crippen LogP contribution in [0.3, 0.4) is 0 Å². The Morgan fingerprint density at radius 2 is 1.76 bits per heavy atom. The van der Waals surface area contributed by atoms with Crippen molar-refractivity contribution in [3.8, 4) is 5.75 Å². The van der Waals surface area contributed by atoms with Crippen molar-refractivity contribution in [1.82, 2.24) is 0 Å². The van der Waals surface area contributed by atoms with Gasteiger partial charge in [-0.2, -0.15) is 0 Å². The van der Waals surface area contributed by atoms with Crippen molar-refractivity contribution in [3.63, 3.8) is 0 Å². The Hall–Kier alpha value is -3.12. The summed E-state index contributed by atoms with van der Waals surface area (Å²) in [4.78, 5) is 27.2. The minimum atomic E-state index is -0.298. The van der Waals surface area contributed by atoms with E-state index in [0.29, 0.717) is 29.5 Å². The second-order valence-electron chi connectivity index (χ2n) is 7.80. The molecule has 0 saturated carbocycles. The van der Waals surface area contributed by atoms with Gasteiger partial charge in [0.25, 0.3) is 11.8 Å². The minimum Gasteiger partial charge on any atom is -0.483 e. The van der Waals surface area contributed by atoms with E-state index in [1.165, 1.54) is 5.56 Å². The van der Waals surface area contributed by atoms with Crippen molar-refractivity contribution in [1.29, 1.82) is 0 Å². The predicted molar refractivity (Wildman–Crippen MR) is 137 cm³/mol. The smallest absolute Gasteiger partial charge is 0.262 e. The number of amides is 2. The number of carbonyl (C=O) groups is 2. The zero-order valence-corrected chi connectivity index (χ0v) is 20.8. The van der Waals surface area contributed by atoms with Gasteiger partial charge in [0, 0.05) is 23.5 Å². The van der Waals surface area contributed by atoms with Crippen molar-refractivity contribution < 1.29 is 14.3 Å². The van der Waals surface area contributed by atoms with Gasteiger partial charge in [0.1, 0.15) is 5.75 Å². The summed E-state index contributed by atoms with van der Waals surface area (Å²) in [5, 5.41) is 2.81. The third-order valence-electron chi connectivity index (χ3n) is 5.52. The first kappa shape index (κ1) is 24.5. The third kappa shape index (κ3) is 6.45. The number of nitrogens with zero attached hydrogens (tertiary/aromatic N) is 1. The number of hydrogen-bond acceptors (Lipinski definition) is 3. The van der Waals surface area contributed by atoms with Gasteiger partial charge in [0.05, 0.1) is 4.47 Å². The van der Waals surface area contributed by atoms with Gasteiger partial charge in [-0.3, -0.25) is 9.59 Å². The molecule has 33 heavy (non-hydrogen) atoms. The summed E-state index contributed by atoms with van der Waals surface area (Å²) in [6.45, 7) is 6.66. The van der Waals surface area contributed by atoms with Crippen LogP contribution in [0, 0.1) is 0 Å². The van der Waals surface area contributed by atoms with Gasteiger partial charge in [0.2, 0.25) is 0 Å². The topological polar surface area (TPSA) is 58.6 Å². The standard InChI is InChI=1S/C27H29BrN2O3/c1-4-19(3)20-14-15-25(24(28)17-20)33-18-26(31)29-22-11-9-10-21(16-22)27(32)30(5-2)23-12-7-6-8-13-23/h6-17,19H,4-5,18H2,1-3H3,(H,29,31). The Labute approximate surface area is 203 Å². The summed E-state index contributed by atoms with van der Waals surface area (Å²) in [5.74, 6) is 0.649. The van der Waals surface area contributed by atoms with Gasteiger partial charge in [0.15, 0.2) is 6.61 Å². The van der Waals surface area contributed by atoms with Crippen LogP contribution in [0.4, 0.5) is 11.4 Å². The summed E-state index contributed by atoms with van der Waals surface area (Å²) in [7, 11) is 0. The number of anilines is 2. The highest BCUT2D eigenvalue weighted by atomic mass is 79.9.